The summed E-state index contributed by atoms with van der Waals surface area (Å²) in [5.41, 5.74) is 0.162. The highest BCUT2D eigenvalue weighted by molar-refractivity contribution is 5.86. The molecule has 0 fully saturated rings. The largest absolute Gasteiger partial charge is 0.464 e. The zero-order chi connectivity index (χ0) is 9.68. The molecule has 1 aromatic heterocycles. The van der Waals surface area contributed by atoms with Crippen molar-refractivity contribution in [2.45, 2.75) is 12.8 Å². The number of aliphatic hydroxyl groups is 1. The smallest absolute Gasteiger partial charge is 0.360 e. The van der Waals surface area contributed by atoms with Crippen molar-refractivity contribution in [3.63, 3.8) is 0 Å². The average Bonchev–Trinajstić information content (AvgIpc) is 2.62. The van der Waals surface area contributed by atoms with E-state index >= 15 is 0 Å². The van der Waals surface area contributed by atoms with Gasteiger partial charge in [0.25, 0.3) is 0 Å². The van der Waals surface area contributed by atoms with Gasteiger partial charge >= 0.3 is 5.97 Å². The van der Waals surface area contributed by atoms with Crippen molar-refractivity contribution in [1.82, 2.24) is 4.98 Å². The van der Waals surface area contributed by atoms with Gasteiger partial charge in [0, 0.05) is 13.0 Å². The van der Waals surface area contributed by atoms with Crippen LogP contribution in [0.2, 0.25) is 0 Å². The maximum atomic E-state index is 10.9. The van der Waals surface area contributed by atoms with Crippen LogP contribution in [0.3, 0.4) is 0 Å². The molecule has 0 bridgehead atoms. The van der Waals surface area contributed by atoms with Crippen molar-refractivity contribution < 1.29 is 19.1 Å². The van der Waals surface area contributed by atoms with Crippen LogP contribution in [0, 0.1) is 0 Å². The van der Waals surface area contributed by atoms with Gasteiger partial charge in [0.2, 0.25) is 0 Å². The van der Waals surface area contributed by atoms with Gasteiger partial charge in [-0.2, -0.15) is 0 Å². The summed E-state index contributed by atoms with van der Waals surface area (Å²) >= 11 is 0. The molecule has 1 rings (SSSR count). The van der Waals surface area contributed by atoms with Crippen molar-refractivity contribution in [2.24, 2.45) is 0 Å². The predicted molar refractivity (Wildman–Crippen MR) is 43.2 cm³/mol. The van der Waals surface area contributed by atoms with Crippen LogP contribution in [0.5, 0.6) is 0 Å². The fraction of sp³-hybridized carbons (Fsp3) is 0.500. The summed E-state index contributed by atoms with van der Waals surface area (Å²) in [6.07, 6.45) is 2.34. The first-order chi connectivity index (χ1) is 6.27. The fourth-order valence-electron chi connectivity index (χ4n) is 0.854. The third-order valence-electron chi connectivity index (χ3n) is 1.50. The van der Waals surface area contributed by atoms with Crippen LogP contribution in [0.1, 0.15) is 22.8 Å². The number of carbonyl (C=O) groups excluding carboxylic acids is 1. The van der Waals surface area contributed by atoms with Crippen molar-refractivity contribution in [2.75, 3.05) is 13.7 Å². The third kappa shape index (κ3) is 2.55. The van der Waals surface area contributed by atoms with Crippen LogP contribution in [-0.4, -0.2) is 29.8 Å². The maximum absolute atomic E-state index is 10.9. The number of aromatic nitrogens is 1. The molecule has 0 aliphatic carbocycles. The molecule has 0 saturated heterocycles. The second kappa shape index (κ2) is 4.61. The van der Waals surface area contributed by atoms with E-state index in [9.17, 15) is 4.79 Å². The summed E-state index contributed by atoms with van der Waals surface area (Å²) in [5.74, 6) is -0.0755. The van der Waals surface area contributed by atoms with Crippen molar-refractivity contribution in [3.8, 4) is 0 Å². The highest BCUT2D eigenvalue weighted by Gasteiger charge is 2.11. The van der Waals surface area contributed by atoms with E-state index < -0.39 is 5.97 Å². The lowest BCUT2D eigenvalue weighted by atomic mass is 10.3. The number of oxazole rings is 1. The Balaban J connectivity index is 2.58. The van der Waals surface area contributed by atoms with E-state index in [1.54, 1.807) is 0 Å². The first-order valence-corrected chi connectivity index (χ1v) is 3.91. The molecule has 1 N–H and O–H groups in total. The van der Waals surface area contributed by atoms with Crippen LogP contribution >= 0.6 is 0 Å². The minimum Gasteiger partial charge on any atom is -0.464 e. The van der Waals surface area contributed by atoms with Gasteiger partial charge in [-0.05, 0) is 6.42 Å². The Morgan fingerprint density at radius 3 is 3.15 bits per heavy atom. The molecule has 72 valence electrons. The summed E-state index contributed by atoms with van der Waals surface area (Å²) in [5, 5.41) is 8.53. The number of hydrogen-bond acceptors (Lipinski definition) is 5. The maximum Gasteiger partial charge on any atom is 0.360 e. The summed E-state index contributed by atoms with van der Waals surface area (Å²) in [7, 11) is 1.28. The topological polar surface area (TPSA) is 72.6 Å². The number of methoxy groups -OCH3 is 1. The normalized spacial score (nSPS) is 10.0. The van der Waals surface area contributed by atoms with Gasteiger partial charge in [-0.3, -0.25) is 0 Å². The lowest BCUT2D eigenvalue weighted by molar-refractivity contribution is 0.0594. The summed E-state index contributed by atoms with van der Waals surface area (Å²) in [4.78, 5) is 14.8. The van der Waals surface area contributed by atoms with Gasteiger partial charge in [0.05, 0.1) is 7.11 Å². The molecule has 5 heteroatoms. The number of hydrogen-bond donors (Lipinski definition) is 1. The van der Waals surface area contributed by atoms with E-state index in [0.29, 0.717) is 18.7 Å². The SMILES string of the molecule is COC(=O)c1coc(CCCO)n1. The molecule has 0 amide bonds. The number of aliphatic hydroxyl groups excluding tert-OH is 1. The van der Waals surface area contributed by atoms with E-state index in [1.807, 2.05) is 0 Å². The van der Waals surface area contributed by atoms with Gasteiger partial charge in [-0.15, -0.1) is 0 Å². The molecule has 1 heterocycles. The van der Waals surface area contributed by atoms with E-state index in [1.165, 1.54) is 13.4 Å². The zero-order valence-corrected chi connectivity index (χ0v) is 7.32. The molecule has 0 atom stereocenters. The van der Waals surface area contributed by atoms with E-state index in [0.717, 1.165) is 0 Å². The van der Waals surface area contributed by atoms with Gasteiger partial charge in [-0.25, -0.2) is 9.78 Å². The Morgan fingerprint density at radius 2 is 2.54 bits per heavy atom. The van der Waals surface area contributed by atoms with Gasteiger partial charge in [0.1, 0.15) is 6.26 Å². The number of aryl methyl sites for hydroxylation is 1. The number of rotatable bonds is 4. The average molecular weight is 185 g/mol. The molecular weight excluding hydrogens is 174 g/mol. The number of esters is 1. The fourth-order valence-corrected chi connectivity index (χ4v) is 0.854. The Labute approximate surface area is 75.3 Å². The molecule has 5 nitrogen and oxygen atoms in total. The second-order valence-corrected chi connectivity index (χ2v) is 2.45. The first-order valence-electron chi connectivity index (χ1n) is 3.91. The molecule has 0 aliphatic heterocycles. The molecule has 0 unspecified atom stereocenters. The lowest BCUT2D eigenvalue weighted by Crippen LogP contribution is -2.01. The van der Waals surface area contributed by atoms with Gasteiger partial charge < -0.3 is 14.3 Å². The van der Waals surface area contributed by atoms with Crippen LogP contribution in [0.25, 0.3) is 0 Å². The van der Waals surface area contributed by atoms with Crippen LogP contribution in [0.15, 0.2) is 10.7 Å². The summed E-state index contributed by atoms with van der Waals surface area (Å²) < 4.78 is 9.41. The van der Waals surface area contributed by atoms with Gasteiger partial charge in [0.15, 0.2) is 11.6 Å². The monoisotopic (exact) mass is 185 g/mol. The highest BCUT2D eigenvalue weighted by Crippen LogP contribution is 2.05. The molecule has 0 aromatic carbocycles. The number of carbonyl (C=O) groups is 1. The zero-order valence-electron chi connectivity index (χ0n) is 7.32. The Bertz CT molecular complexity index is 281. The van der Waals surface area contributed by atoms with Gasteiger partial charge in [-0.1, -0.05) is 0 Å². The Hall–Kier alpha value is -1.36. The van der Waals surface area contributed by atoms with Crippen LogP contribution in [0.4, 0.5) is 0 Å². The third-order valence-corrected chi connectivity index (χ3v) is 1.50. The standard InChI is InChI=1S/C8H11NO4/c1-12-8(11)6-5-13-7(9-6)3-2-4-10/h5,10H,2-4H2,1H3. The molecule has 0 radical (unpaired) electrons. The quantitative estimate of drug-likeness (QED) is 0.687. The van der Waals surface area contributed by atoms with Crippen LogP contribution in [-0.2, 0) is 11.2 Å². The molecular formula is C8H11NO4. The number of nitrogens with zero attached hydrogens (tertiary/aromatic N) is 1. The Morgan fingerprint density at radius 1 is 1.77 bits per heavy atom. The van der Waals surface area contributed by atoms with Crippen molar-refractivity contribution in [1.29, 1.82) is 0 Å². The van der Waals surface area contributed by atoms with E-state index in [2.05, 4.69) is 9.72 Å². The summed E-state index contributed by atoms with van der Waals surface area (Å²) in [6.45, 7) is 0.0793. The first kappa shape index (κ1) is 9.73. The molecule has 0 aliphatic rings. The molecule has 13 heavy (non-hydrogen) atoms. The van der Waals surface area contributed by atoms with Crippen LogP contribution < -0.4 is 0 Å². The minimum atomic E-state index is -0.515. The lowest BCUT2D eigenvalue weighted by Gasteiger charge is -1.90. The minimum absolute atomic E-state index is 0.0793. The number of ether oxygens (including phenoxy) is 1. The predicted octanol–water partition coefficient (Wildman–Crippen LogP) is 0.386. The Kier molecular flexibility index (Phi) is 3.45. The second-order valence-electron chi connectivity index (χ2n) is 2.45. The molecule has 0 spiro atoms. The van der Waals surface area contributed by atoms with Crippen molar-refractivity contribution in [3.05, 3.63) is 17.8 Å². The van der Waals surface area contributed by atoms with Crippen molar-refractivity contribution >= 4 is 5.97 Å². The molecule has 1 aromatic rings. The van der Waals surface area contributed by atoms with E-state index in [-0.39, 0.29) is 12.3 Å². The highest BCUT2D eigenvalue weighted by atomic mass is 16.5. The summed E-state index contributed by atoms with van der Waals surface area (Å²) in [6, 6.07) is 0. The van der Waals surface area contributed by atoms with E-state index in [4.69, 9.17) is 9.52 Å². The molecule has 0 saturated carbocycles.